The van der Waals surface area contributed by atoms with Crippen LogP contribution in [0.25, 0.3) is 5.69 Å². The van der Waals surface area contributed by atoms with Gasteiger partial charge in [-0.1, -0.05) is 17.7 Å². The molecule has 2 aromatic rings. The fourth-order valence-electron chi connectivity index (χ4n) is 3.78. The molecule has 2 heterocycles. The SMILES string of the molecule is Cc1cc(C(=O)NCC2CCN(S(C)(=O)=O)CC2)c(C)n1-c1cccc(Cl)c1. The number of rotatable bonds is 5. The summed E-state index contributed by atoms with van der Waals surface area (Å²) < 4.78 is 26.7. The number of amides is 1. The van der Waals surface area contributed by atoms with Crippen LogP contribution in [0.15, 0.2) is 30.3 Å². The van der Waals surface area contributed by atoms with Gasteiger partial charge in [-0.2, -0.15) is 0 Å². The Kier molecular flexibility index (Phi) is 6.17. The minimum absolute atomic E-state index is 0.105. The van der Waals surface area contributed by atoms with Gasteiger partial charge in [0.1, 0.15) is 0 Å². The largest absolute Gasteiger partial charge is 0.352 e. The smallest absolute Gasteiger partial charge is 0.253 e. The number of sulfonamides is 1. The predicted molar refractivity (Wildman–Crippen MR) is 112 cm³/mol. The molecule has 1 saturated heterocycles. The monoisotopic (exact) mass is 423 g/mol. The summed E-state index contributed by atoms with van der Waals surface area (Å²) in [5.41, 5.74) is 3.40. The molecule has 1 aliphatic heterocycles. The number of carbonyl (C=O) groups excluding carboxylic acids is 1. The number of carbonyl (C=O) groups is 1. The first-order chi connectivity index (χ1) is 13.2. The van der Waals surface area contributed by atoms with Gasteiger partial charge in [0.05, 0.1) is 11.8 Å². The summed E-state index contributed by atoms with van der Waals surface area (Å²) in [4.78, 5) is 12.7. The number of aromatic nitrogens is 1. The van der Waals surface area contributed by atoms with Crippen molar-refractivity contribution >= 4 is 27.5 Å². The molecule has 1 N–H and O–H groups in total. The molecular formula is C20H26ClN3O3S. The zero-order valence-electron chi connectivity index (χ0n) is 16.4. The van der Waals surface area contributed by atoms with Crippen LogP contribution in [0.5, 0.6) is 0 Å². The average Bonchev–Trinajstić information content (AvgIpc) is 2.93. The highest BCUT2D eigenvalue weighted by Gasteiger charge is 2.25. The van der Waals surface area contributed by atoms with Gasteiger partial charge in [0.25, 0.3) is 5.91 Å². The second-order valence-electron chi connectivity index (χ2n) is 7.42. The van der Waals surface area contributed by atoms with Gasteiger partial charge in [0.15, 0.2) is 0 Å². The molecular weight excluding hydrogens is 398 g/mol. The topological polar surface area (TPSA) is 71.4 Å². The average molecular weight is 424 g/mol. The molecule has 0 saturated carbocycles. The minimum atomic E-state index is -3.13. The molecule has 0 radical (unpaired) electrons. The summed E-state index contributed by atoms with van der Waals surface area (Å²) in [7, 11) is -3.13. The number of hydrogen-bond donors (Lipinski definition) is 1. The number of benzene rings is 1. The zero-order valence-corrected chi connectivity index (χ0v) is 18.0. The molecule has 8 heteroatoms. The molecule has 0 unspecified atom stereocenters. The van der Waals surface area contributed by atoms with E-state index in [2.05, 4.69) is 5.32 Å². The molecule has 6 nitrogen and oxygen atoms in total. The van der Waals surface area contributed by atoms with E-state index in [1.807, 2.05) is 48.7 Å². The molecule has 3 rings (SSSR count). The van der Waals surface area contributed by atoms with Gasteiger partial charge in [-0.25, -0.2) is 12.7 Å². The summed E-state index contributed by atoms with van der Waals surface area (Å²) in [5, 5.41) is 3.67. The first-order valence-electron chi connectivity index (χ1n) is 9.35. The van der Waals surface area contributed by atoms with Gasteiger partial charge in [-0.3, -0.25) is 4.79 Å². The van der Waals surface area contributed by atoms with Gasteiger partial charge in [0, 0.05) is 41.7 Å². The third-order valence-electron chi connectivity index (χ3n) is 5.34. The molecule has 152 valence electrons. The lowest BCUT2D eigenvalue weighted by atomic mass is 9.98. The summed E-state index contributed by atoms with van der Waals surface area (Å²) in [5.74, 6) is 0.185. The highest BCUT2D eigenvalue weighted by Crippen LogP contribution is 2.23. The molecule has 0 aliphatic carbocycles. The Labute approximate surface area is 171 Å². The Morgan fingerprint density at radius 2 is 1.89 bits per heavy atom. The second kappa shape index (κ2) is 8.27. The number of nitrogens with zero attached hydrogens (tertiary/aromatic N) is 2. The molecule has 1 amide bonds. The van der Waals surface area contributed by atoms with Crippen molar-refractivity contribution in [2.24, 2.45) is 5.92 Å². The van der Waals surface area contributed by atoms with Crippen molar-refractivity contribution in [3.63, 3.8) is 0 Å². The lowest BCUT2D eigenvalue weighted by Crippen LogP contribution is -2.41. The molecule has 1 aromatic heterocycles. The highest BCUT2D eigenvalue weighted by atomic mass is 35.5. The Balaban J connectivity index is 1.65. The van der Waals surface area contributed by atoms with Crippen molar-refractivity contribution in [3.05, 3.63) is 52.3 Å². The molecule has 0 atom stereocenters. The predicted octanol–water partition coefficient (Wildman–Crippen LogP) is 3.15. The van der Waals surface area contributed by atoms with E-state index in [4.69, 9.17) is 11.6 Å². The number of halogens is 1. The van der Waals surface area contributed by atoms with E-state index in [1.54, 1.807) is 0 Å². The van der Waals surface area contributed by atoms with E-state index >= 15 is 0 Å². The van der Waals surface area contributed by atoms with Crippen molar-refractivity contribution in [1.82, 2.24) is 14.2 Å². The van der Waals surface area contributed by atoms with Crippen molar-refractivity contribution in [3.8, 4) is 5.69 Å². The van der Waals surface area contributed by atoms with Crippen LogP contribution < -0.4 is 5.32 Å². The van der Waals surface area contributed by atoms with Crippen LogP contribution in [0.1, 0.15) is 34.6 Å². The lowest BCUT2D eigenvalue weighted by Gasteiger charge is -2.30. The first kappa shape index (κ1) is 20.9. The van der Waals surface area contributed by atoms with Crippen molar-refractivity contribution < 1.29 is 13.2 Å². The van der Waals surface area contributed by atoms with Crippen molar-refractivity contribution in [2.75, 3.05) is 25.9 Å². The second-order valence-corrected chi connectivity index (χ2v) is 9.83. The molecule has 28 heavy (non-hydrogen) atoms. The van der Waals surface area contributed by atoms with Gasteiger partial charge in [-0.05, 0) is 56.9 Å². The normalized spacial score (nSPS) is 16.3. The summed E-state index contributed by atoms with van der Waals surface area (Å²) in [6.07, 6.45) is 2.76. The standard InChI is InChI=1S/C20H26ClN3O3S/c1-14-11-19(15(2)24(14)18-6-4-5-17(21)12-18)20(25)22-13-16-7-9-23(10-8-16)28(3,26)27/h4-6,11-12,16H,7-10,13H2,1-3H3,(H,22,25). The van der Waals surface area contributed by atoms with Crippen LogP contribution in [0, 0.1) is 19.8 Å². The number of piperidine rings is 1. The van der Waals surface area contributed by atoms with Gasteiger partial charge in [-0.15, -0.1) is 0 Å². The fraction of sp³-hybridized carbons (Fsp3) is 0.450. The van der Waals surface area contributed by atoms with Crippen LogP contribution in [0.4, 0.5) is 0 Å². The third kappa shape index (κ3) is 4.59. The molecule has 0 bridgehead atoms. The first-order valence-corrected chi connectivity index (χ1v) is 11.6. The van der Waals surface area contributed by atoms with E-state index < -0.39 is 10.0 Å². The molecule has 1 fully saturated rings. The van der Waals surface area contributed by atoms with Crippen molar-refractivity contribution in [1.29, 1.82) is 0 Å². The minimum Gasteiger partial charge on any atom is -0.352 e. The quantitative estimate of drug-likeness (QED) is 0.802. The Morgan fingerprint density at radius 3 is 2.50 bits per heavy atom. The van der Waals surface area contributed by atoms with Crippen molar-refractivity contribution in [2.45, 2.75) is 26.7 Å². The lowest BCUT2D eigenvalue weighted by molar-refractivity contribution is 0.0941. The van der Waals surface area contributed by atoms with Crippen LogP contribution in [-0.2, 0) is 10.0 Å². The number of hydrogen-bond acceptors (Lipinski definition) is 3. The molecule has 1 aromatic carbocycles. The van der Waals surface area contributed by atoms with Crippen LogP contribution >= 0.6 is 11.6 Å². The Morgan fingerprint density at radius 1 is 1.21 bits per heavy atom. The number of aryl methyl sites for hydroxylation is 1. The van der Waals surface area contributed by atoms with Gasteiger partial charge < -0.3 is 9.88 Å². The number of nitrogens with one attached hydrogen (secondary N) is 1. The Hall–Kier alpha value is -1.83. The van der Waals surface area contributed by atoms with Crippen LogP contribution in [-0.4, -0.2) is 49.1 Å². The maximum absolute atomic E-state index is 12.7. The van der Waals surface area contributed by atoms with E-state index in [0.717, 1.165) is 29.9 Å². The molecule has 1 aliphatic rings. The summed E-state index contributed by atoms with van der Waals surface area (Å²) in [6.45, 7) is 5.47. The maximum Gasteiger partial charge on any atom is 0.253 e. The van der Waals surface area contributed by atoms with E-state index in [0.29, 0.717) is 36.1 Å². The van der Waals surface area contributed by atoms with Crippen LogP contribution in [0.2, 0.25) is 5.02 Å². The van der Waals surface area contributed by atoms with E-state index in [1.165, 1.54) is 10.6 Å². The molecule has 0 spiro atoms. The van der Waals surface area contributed by atoms with Gasteiger partial charge >= 0.3 is 0 Å². The highest BCUT2D eigenvalue weighted by molar-refractivity contribution is 7.88. The van der Waals surface area contributed by atoms with Crippen LogP contribution in [0.3, 0.4) is 0 Å². The van der Waals surface area contributed by atoms with E-state index in [-0.39, 0.29) is 5.91 Å². The summed E-state index contributed by atoms with van der Waals surface area (Å²) >= 11 is 6.11. The van der Waals surface area contributed by atoms with E-state index in [9.17, 15) is 13.2 Å². The fourth-order valence-corrected chi connectivity index (χ4v) is 4.84. The maximum atomic E-state index is 12.7. The summed E-state index contributed by atoms with van der Waals surface area (Å²) in [6, 6.07) is 9.43. The Bertz CT molecular complexity index is 977. The third-order valence-corrected chi connectivity index (χ3v) is 6.87. The zero-order chi connectivity index (χ0) is 20.5. The van der Waals surface area contributed by atoms with Gasteiger partial charge in [0.2, 0.25) is 10.0 Å².